The lowest BCUT2D eigenvalue weighted by Crippen LogP contribution is -2.36. The molecule has 1 aliphatic heterocycles. The van der Waals surface area contributed by atoms with Gasteiger partial charge in [0, 0.05) is 23.7 Å². The first kappa shape index (κ1) is 18.4. The van der Waals surface area contributed by atoms with Crippen LogP contribution in [0.15, 0.2) is 18.2 Å². The second-order valence-corrected chi connectivity index (χ2v) is 7.77. The molecular formula is C21H28ClNO2. The minimum absolute atomic E-state index is 0.00268. The zero-order valence-electron chi connectivity index (χ0n) is 15.1. The third-order valence-electron chi connectivity index (χ3n) is 5.85. The number of ketones is 1. The summed E-state index contributed by atoms with van der Waals surface area (Å²) in [6.45, 7) is 2.98. The maximum Gasteiger partial charge on any atom is 0.230 e. The molecule has 1 saturated carbocycles. The van der Waals surface area contributed by atoms with Crippen LogP contribution in [0.1, 0.15) is 67.8 Å². The topological polar surface area (TPSA) is 37.4 Å². The summed E-state index contributed by atoms with van der Waals surface area (Å²) in [5, 5.41) is 0. The predicted octanol–water partition coefficient (Wildman–Crippen LogP) is 4.99. The summed E-state index contributed by atoms with van der Waals surface area (Å²) in [6, 6.07) is 5.64. The fourth-order valence-corrected chi connectivity index (χ4v) is 4.45. The van der Waals surface area contributed by atoms with Gasteiger partial charge in [-0.25, -0.2) is 0 Å². The standard InChI is InChI=1S/C21H28ClNO2/c1-2-3-4-15-5-7-16(8-6-15)21(25)23-12-11-17-13-18(20(24)14-22)9-10-19(17)23/h9-10,13,15-16H,2-8,11-12,14H2,1H3. The number of halogens is 1. The van der Waals surface area contributed by atoms with Crippen molar-refractivity contribution in [3.63, 3.8) is 0 Å². The van der Waals surface area contributed by atoms with E-state index in [1.807, 2.05) is 17.0 Å². The van der Waals surface area contributed by atoms with Gasteiger partial charge in [-0.05, 0) is 61.8 Å². The Morgan fingerprint density at radius 3 is 2.64 bits per heavy atom. The van der Waals surface area contributed by atoms with E-state index in [9.17, 15) is 9.59 Å². The smallest absolute Gasteiger partial charge is 0.230 e. The Bertz CT molecular complexity index is 635. The van der Waals surface area contributed by atoms with Gasteiger partial charge in [-0.15, -0.1) is 11.6 Å². The molecule has 1 aromatic carbocycles. The SMILES string of the molecule is CCCCC1CCC(C(=O)N2CCc3cc(C(=O)CCl)ccc32)CC1. The van der Waals surface area contributed by atoms with Crippen LogP contribution in [0, 0.1) is 11.8 Å². The number of amides is 1. The summed E-state index contributed by atoms with van der Waals surface area (Å²) in [4.78, 5) is 26.7. The van der Waals surface area contributed by atoms with Crippen molar-refractivity contribution in [1.82, 2.24) is 0 Å². The number of Topliss-reactive ketones (excluding diaryl/α,β-unsaturated/α-hetero) is 1. The second-order valence-electron chi connectivity index (χ2n) is 7.50. The summed E-state index contributed by atoms with van der Waals surface area (Å²) in [6.07, 6.45) is 9.17. The Labute approximate surface area is 155 Å². The van der Waals surface area contributed by atoms with Gasteiger partial charge in [-0.2, -0.15) is 0 Å². The molecule has 0 atom stereocenters. The zero-order chi connectivity index (χ0) is 17.8. The average molecular weight is 362 g/mol. The number of rotatable bonds is 6. The second kappa shape index (κ2) is 8.35. The molecule has 4 heteroatoms. The van der Waals surface area contributed by atoms with Crippen molar-refractivity contribution < 1.29 is 9.59 Å². The van der Waals surface area contributed by atoms with Crippen molar-refractivity contribution in [2.24, 2.45) is 11.8 Å². The lowest BCUT2D eigenvalue weighted by Gasteiger charge is -2.30. The fraction of sp³-hybridized carbons (Fsp3) is 0.619. The van der Waals surface area contributed by atoms with E-state index in [0.717, 1.165) is 43.0 Å². The molecule has 0 spiro atoms. The number of carbonyl (C=O) groups excluding carboxylic acids is 2. The molecule has 1 aromatic rings. The third kappa shape index (κ3) is 4.08. The van der Waals surface area contributed by atoms with Crippen molar-refractivity contribution in [3.8, 4) is 0 Å². The van der Waals surface area contributed by atoms with Gasteiger partial charge < -0.3 is 4.90 Å². The van der Waals surface area contributed by atoms with E-state index in [-0.39, 0.29) is 23.5 Å². The van der Waals surface area contributed by atoms with Crippen LogP contribution in [-0.2, 0) is 11.2 Å². The van der Waals surface area contributed by atoms with E-state index < -0.39 is 0 Å². The van der Waals surface area contributed by atoms with E-state index >= 15 is 0 Å². The zero-order valence-corrected chi connectivity index (χ0v) is 15.9. The Balaban J connectivity index is 1.63. The number of hydrogen-bond acceptors (Lipinski definition) is 2. The van der Waals surface area contributed by atoms with E-state index in [4.69, 9.17) is 11.6 Å². The average Bonchev–Trinajstić information content (AvgIpc) is 3.08. The minimum Gasteiger partial charge on any atom is -0.312 e. The molecule has 0 N–H and O–H groups in total. The van der Waals surface area contributed by atoms with E-state index in [2.05, 4.69) is 6.92 Å². The van der Waals surface area contributed by atoms with Gasteiger partial charge in [-0.1, -0.05) is 26.2 Å². The molecular weight excluding hydrogens is 334 g/mol. The number of alkyl halides is 1. The van der Waals surface area contributed by atoms with Gasteiger partial charge >= 0.3 is 0 Å². The van der Waals surface area contributed by atoms with Crippen LogP contribution in [0.4, 0.5) is 5.69 Å². The summed E-state index contributed by atoms with van der Waals surface area (Å²) in [5.74, 6) is 1.22. The van der Waals surface area contributed by atoms with Crippen LogP contribution in [0.3, 0.4) is 0 Å². The highest BCUT2D eigenvalue weighted by molar-refractivity contribution is 6.30. The summed E-state index contributed by atoms with van der Waals surface area (Å²) in [5.41, 5.74) is 2.74. The van der Waals surface area contributed by atoms with Gasteiger partial charge in [0.2, 0.25) is 5.91 Å². The molecule has 0 unspecified atom stereocenters. The van der Waals surface area contributed by atoms with Gasteiger partial charge in [0.15, 0.2) is 5.78 Å². The number of hydrogen-bond donors (Lipinski definition) is 0. The molecule has 1 amide bonds. The Morgan fingerprint density at radius 1 is 1.20 bits per heavy atom. The maximum atomic E-state index is 13.0. The van der Waals surface area contributed by atoms with Crippen LogP contribution in [-0.4, -0.2) is 24.1 Å². The molecule has 1 heterocycles. The molecule has 0 saturated heterocycles. The lowest BCUT2D eigenvalue weighted by molar-refractivity contribution is -0.123. The minimum atomic E-state index is -0.0559. The molecule has 1 aliphatic carbocycles. The van der Waals surface area contributed by atoms with Crippen LogP contribution in [0.5, 0.6) is 0 Å². The van der Waals surface area contributed by atoms with Crippen LogP contribution in [0.25, 0.3) is 0 Å². The number of benzene rings is 1. The molecule has 136 valence electrons. The Hall–Kier alpha value is -1.35. The molecule has 0 aromatic heterocycles. The highest BCUT2D eigenvalue weighted by Crippen LogP contribution is 2.36. The fourth-order valence-electron chi connectivity index (χ4n) is 4.29. The monoisotopic (exact) mass is 361 g/mol. The molecule has 3 rings (SSSR count). The van der Waals surface area contributed by atoms with Crippen molar-refractivity contribution >= 4 is 29.0 Å². The maximum absolute atomic E-state index is 13.0. The van der Waals surface area contributed by atoms with Crippen molar-refractivity contribution in [1.29, 1.82) is 0 Å². The summed E-state index contributed by atoms with van der Waals surface area (Å²) >= 11 is 5.65. The number of anilines is 1. The highest BCUT2D eigenvalue weighted by Gasteiger charge is 2.33. The quantitative estimate of drug-likeness (QED) is 0.528. The molecule has 3 nitrogen and oxygen atoms in total. The van der Waals surface area contributed by atoms with Gasteiger partial charge in [0.25, 0.3) is 0 Å². The third-order valence-corrected chi connectivity index (χ3v) is 6.09. The van der Waals surface area contributed by atoms with Gasteiger partial charge in [0.05, 0.1) is 5.88 Å². The molecule has 0 radical (unpaired) electrons. The molecule has 2 aliphatic rings. The summed E-state index contributed by atoms with van der Waals surface area (Å²) in [7, 11) is 0. The highest BCUT2D eigenvalue weighted by atomic mass is 35.5. The number of unbranched alkanes of at least 4 members (excludes halogenated alkanes) is 1. The predicted molar refractivity (Wildman–Crippen MR) is 103 cm³/mol. The number of nitrogens with zero attached hydrogens (tertiary/aromatic N) is 1. The first-order valence-electron chi connectivity index (χ1n) is 9.67. The van der Waals surface area contributed by atoms with Crippen molar-refractivity contribution in [2.45, 2.75) is 58.3 Å². The van der Waals surface area contributed by atoms with Crippen molar-refractivity contribution in [3.05, 3.63) is 29.3 Å². The Kier molecular flexibility index (Phi) is 6.16. The molecule has 25 heavy (non-hydrogen) atoms. The first-order chi connectivity index (χ1) is 12.1. The van der Waals surface area contributed by atoms with Crippen LogP contribution >= 0.6 is 11.6 Å². The van der Waals surface area contributed by atoms with E-state index in [1.54, 1.807) is 6.07 Å². The first-order valence-corrected chi connectivity index (χ1v) is 10.2. The summed E-state index contributed by atoms with van der Waals surface area (Å²) < 4.78 is 0. The van der Waals surface area contributed by atoms with Crippen LogP contribution in [0.2, 0.25) is 0 Å². The largest absolute Gasteiger partial charge is 0.312 e. The molecule has 1 fully saturated rings. The van der Waals surface area contributed by atoms with E-state index in [1.165, 1.54) is 32.1 Å². The normalized spacial score (nSPS) is 22.7. The lowest BCUT2D eigenvalue weighted by atomic mass is 9.79. The Morgan fingerprint density at radius 2 is 1.96 bits per heavy atom. The van der Waals surface area contributed by atoms with E-state index in [0.29, 0.717) is 5.56 Å². The van der Waals surface area contributed by atoms with Crippen LogP contribution < -0.4 is 4.90 Å². The molecule has 0 bridgehead atoms. The van der Waals surface area contributed by atoms with Crippen molar-refractivity contribution in [2.75, 3.05) is 17.3 Å². The number of carbonyl (C=O) groups is 2. The van der Waals surface area contributed by atoms with Gasteiger partial charge in [-0.3, -0.25) is 9.59 Å². The van der Waals surface area contributed by atoms with Gasteiger partial charge in [0.1, 0.15) is 0 Å². The number of fused-ring (bicyclic) bond motifs is 1.